The van der Waals surface area contributed by atoms with Crippen LogP contribution in [-0.2, 0) is 17.7 Å². The highest BCUT2D eigenvalue weighted by molar-refractivity contribution is 5.92. The van der Waals surface area contributed by atoms with Crippen LogP contribution < -0.4 is 0 Å². The van der Waals surface area contributed by atoms with Crippen molar-refractivity contribution in [2.24, 2.45) is 0 Å². The maximum atomic E-state index is 12.3. The molecule has 4 rings (SSSR count). The monoisotopic (exact) mass is 402 g/mol. The molecule has 0 spiro atoms. The standard InChI is InChI=1S/C22H22N6O2/c1-4-28-19(20(14(2)25-28)22(29)30-3)13-15-9-11-16(12-10-15)17-7-5-6-8-18(17)21-23-26-27-24-21/h5-12H,4,13H2,1-3H3,(H,23,24,26,27). The first-order valence-corrected chi connectivity index (χ1v) is 9.69. The number of hydrogen-bond donors (Lipinski definition) is 1. The highest BCUT2D eigenvalue weighted by atomic mass is 16.5. The van der Waals surface area contributed by atoms with Gasteiger partial charge in [0, 0.05) is 18.5 Å². The number of carbonyl (C=O) groups is 1. The van der Waals surface area contributed by atoms with Crippen LogP contribution in [0.2, 0.25) is 0 Å². The van der Waals surface area contributed by atoms with E-state index in [4.69, 9.17) is 4.74 Å². The van der Waals surface area contributed by atoms with Gasteiger partial charge in [-0.3, -0.25) is 4.68 Å². The third-order valence-corrected chi connectivity index (χ3v) is 5.07. The van der Waals surface area contributed by atoms with E-state index >= 15 is 0 Å². The summed E-state index contributed by atoms with van der Waals surface area (Å²) in [4.78, 5) is 12.3. The summed E-state index contributed by atoms with van der Waals surface area (Å²) in [6, 6.07) is 16.2. The van der Waals surface area contributed by atoms with Gasteiger partial charge in [-0.2, -0.15) is 10.3 Å². The van der Waals surface area contributed by atoms with Crippen LogP contribution in [0.4, 0.5) is 0 Å². The molecule has 0 fully saturated rings. The number of esters is 1. The van der Waals surface area contributed by atoms with Crippen LogP contribution in [-0.4, -0.2) is 43.5 Å². The molecular weight excluding hydrogens is 380 g/mol. The molecular formula is C22H22N6O2. The van der Waals surface area contributed by atoms with Gasteiger partial charge in [0.05, 0.1) is 18.5 Å². The van der Waals surface area contributed by atoms with Gasteiger partial charge in [-0.05, 0) is 35.8 Å². The molecule has 30 heavy (non-hydrogen) atoms. The Kier molecular flexibility index (Phi) is 5.38. The first-order valence-electron chi connectivity index (χ1n) is 9.69. The number of rotatable bonds is 6. The van der Waals surface area contributed by atoms with Crippen LogP contribution in [0.3, 0.4) is 0 Å². The fourth-order valence-electron chi connectivity index (χ4n) is 3.64. The van der Waals surface area contributed by atoms with Crippen LogP contribution in [0.1, 0.15) is 34.2 Å². The number of nitrogens with zero attached hydrogens (tertiary/aromatic N) is 5. The molecule has 0 saturated heterocycles. The Morgan fingerprint density at radius 2 is 1.83 bits per heavy atom. The van der Waals surface area contributed by atoms with Gasteiger partial charge in [0.2, 0.25) is 5.82 Å². The second kappa shape index (κ2) is 8.28. The molecule has 0 atom stereocenters. The van der Waals surface area contributed by atoms with Gasteiger partial charge >= 0.3 is 5.97 Å². The maximum Gasteiger partial charge on any atom is 0.341 e. The van der Waals surface area contributed by atoms with Gasteiger partial charge in [-0.25, -0.2) is 4.79 Å². The molecule has 1 N–H and O–H groups in total. The van der Waals surface area contributed by atoms with Crippen molar-refractivity contribution in [1.29, 1.82) is 0 Å². The number of H-pyrrole nitrogens is 1. The first kappa shape index (κ1) is 19.5. The van der Waals surface area contributed by atoms with Gasteiger partial charge in [-0.1, -0.05) is 48.5 Å². The van der Waals surface area contributed by atoms with Crippen molar-refractivity contribution >= 4 is 5.97 Å². The van der Waals surface area contributed by atoms with E-state index in [1.54, 1.807) is 0 Å². The largest absolute Gasteiger partial charge is 0.465 e. The number of nitrogens with one attached hydrogen (secondary N) is 1. The van der Waals surface area contributed by atoms with Crippen LogP contribution in [0, 0.1) is 6.92 Å². The minimum atomic E-state index is -0.354. The normalized spacial score (nSPS) is 10.9. The summed E-state index contributed by atoms with van der Waals surface area (Å²) in [7, 11) is 1.39. The van der Waals surface area contributed by atoms with E-state index in [1.807, 2.05) is 42.8 Å². The van der Waals surface area contributed by atoms with Crippen LogP contribution in [0.25, 0.3) is 22.5 Å². The summed E-state index contributed by atoms with van der Waals surface area (Å²) < 4.78 is 6.83. The lowest BCUT2D eigenvalue weighted by molar-refractivity contribution is 0.0598. The third kappa shape index (κ3) is 3.59. The number of aromatic nitrogens is 6. The van der Waals surface area contributed by atoms with Crippen molar-refractivity contribution in [1.82, 2.24) is 30.4 Å². The maximum absolute atomic E-state index is 12.3. The molecule has 0 bridgehead atoms. The predicted molar refractivity (Wildman–Crippen MR) is 112 cm³/mol. The Labute approximate surface area is 173 Å². The quantitative estimate of drug-likeness (QED) is 0.496. The Balaban J connectivity index is 1.66. The van der Waals surface area contributed by atoms with E-state index in [2.05, 4.69) is 50.0 Å². The van der Waals surface area contributed by atoms with E-state index in [9.17, 15) is 4.79 Å². The lowest BCUT2D eigenvalue weighted by Gasteiger charge is -2.10. The fourth-order valence-corrected chi connectivity index (χ4v) is 3.64. The Morgan fingerprint density at radius 3 is 2.47 bits per heavy atom. The molecule has 0 aliphatic carbocycles. The molecule has 0 aliphatic heterocycles. The Hall–Kier alpha value is -3.81. The van der Waals surface area contributed by atoms with E-state index in [0.717, 1.165) is 27.9 Å². The predicted octanol–water partition coefficient (Wildman–Crippen LogP) is 3.44. The van der Waals surface area contributed by atoms with Gasteiger partial charge in [0.15, 0.2) is 0 Å². The Morgan fingerprint density at radius 1 is 1.10 bits per heavy atom. The molecule has 152 valence electrons. The Bertz CT molecular complexity index is 1160. The number of aromatic amines is 1. The molecule has 0 amide bonds. The topological polar surface area (TPSA) is 98.6 Å². The smallest absolute Gasteiger partial charge is 0.341 e. The summed E-state index contributed by atoms with van der Waals surface area (Å²) >= 11 is 0. The van der Waals surface area contributed by atoms with Crippen LogP contribution in [0.15, 0.2) is 48.5 Å². The summed E-state index contributed by atoms with van der Waals surface area (Å²) in [5, 5.41) is 18.9. The SMILES string of the molecule is CCn1nc(C)c(C(=O)OC)c1Cc1ccc(-c2ccccc2-c2nn[nH]n2)cc1. The van der Waals surface area contributed by atoms with Gasteiger partial charge in [-0.15, -0.1) is 10.2 Å². The zero-order valence-electron chi connectivity index (χ0n) is 17.1. The molecule has 2 aromatic heterocycles. The number of aryl methyl sites for hydroxylation is 2. The molecule has 8 heteroatoms. The lowest BCUT2D eigenvalue weighted by Crippen LogP contribution is -2.09. The number of benzene rings is 2. The molecule has 2 aromatic carbocycles. The van der Waals surface area contributed by atoms with Gasteiger partial charge < -0.3 is 4.74 Å². The molecule has 2 heterocycles. The number of methoxy groups -OCH3 is 1. The van der Waals surface area contributed by atoms with Crippen molar-refractivity contribution in [2.45, 2.75) is 26.8 Å². The van der Waals surface area contributed by atoms with Crippen LogP contribution in [0.5, 0.6) is 0 Å². The fraction of sp³-hybridized carbons (Fsp3) is 0.227. The minimum Gasteiger partial charge on any atom is -0.465 e. The van der Waals surface area contributed by atoms with Gasteiger partial charge in [0.1, 0.15) is 5.56 Å². The lowest BCUT2D eigenvalue weighted by atomic mass is 9.97. The number of tetrazole rings is 1. The highest BCUT2D eigenvalue weighted by Gasteiger charge is 2.22. The number of carbonyl (C=O) groups excluding carboxylic acids is 1. The van der Waals surface area contributed by atoms with Crippen LogP contribution >= 0.6 is 0 Å². The van der Waals surface area contributed by atoms with Crippen molar-refractivity contribution in [2.75, 3.05) is 7.11 Å². The zero-order chi connectivity index (χ0) is 21.1. The molecule has 0 unspecified atom stereocenters. The average molecular weight is 402 g/mol. The molecule has 0 saturated carbocycles. The number of ether oxygens (including phenoxy) is 1. The van der Waals surface area contributed by atoms with Gasteiger partial charge in [0.25, 0.3) is 0 Å². The van der Waals surface area contributed by atoms with Crippen molar-refractivity contribution in [3.8, 4) is 22.5 Å². The molecule has 8 nitrogen and oxygen atoms in total. The van der Waals surface area contributed by atoms with E-state index in [1.165, 1.54) is 7.11 Å². The third-order valence-electron chi connectivity index (χ3n) is 5.07. The summed E-state index contributed by atoms with van der Waals surface area (Å²) in [5.41, 5.74) is 6.15. The zero-order valence-corrected chi connectivity index (χ0v) is 17.1. The first-order chi connectivity index (χ1) is 14.6. The second-order valence-electron chi connectivity index (χ2n) is 6.87. The molecule has 0 radical (unpaired) electrons. The van der Waals surface area contributed by atoms with E-state index in [-0.39, 0.29) is 5.97 Å². The molecule has 4 aromatic rings. The van der Waals surface area contributed by atoms with Crippen molar-refractivity contribution < 1.29 is 9.53 Å². The highest BCUT2D eigenvalue weighted by Crippen LogP contribution is 2.30. The van der Waals surface area contributed by atoms with Crippen molar-refractivity contribution in [3.05, 3.63) is 71.0 Å². The molecule has 0 aliphatic rings. The minimum absolute atomic E-state index is 0.354. The van der Waals surface area contributed by atoms with E-state index in [0.29, 0.717) is 30.0 Å². The summed E-state index contributed by atoms with van der Waals surface area (Å²) in [5.74, 6) is 0.201. The van der Waals surface area contributed by atoms with E-state index < -0.39 is 0 Å². The average Bonchev–Trinajstić information content (AvgIpc) is 3.42. The van der Waals surface area contributed by atoms with Crippen molar-refractivity contribution in [3.63, 3.8) is 0 Å². The number of hydrogen-bond acceptors (Lipinski definition) is 6. The second-order valence-corrected chi connectivity index (χ2v) is 6.87. The summed E-state index contributed by atoms with van der Waals surface area (Å²) in [6.07, 6.45) is 0.589. The summed E-state index contributed by atoms with van der Waals surface area (Å²) in [6.45, 7) is 4.53.